The highest BCUT2D eigenvalue weighted by molar-refractivity contribution is 7.99. The second kappa shape index (κ2) is 7.84. The van der Waals surface area contributed by atoms with Gasteiger partial charge in [-0.1, -0.05) is 12.2 Å². The molecule has 1 aromatic rings. The quantitative estimate of drug-likeness (QED) is 0.516. The van der Waals surface area contributed by atoms with Crippen LogP contribution in [0.15, 0.2) is 41.3 Å². The summed E-state index contributed by atoms with van der Waals surface area (Å²) < 4.78 is 12.9. The van der Waals surface area contributed by atoms with Crippen molar-refractivity contribution in [2.75, 3.05) is 12.3 Å². The molecular formula is C16H17FN2OS. The first kappa shape index (κ1) is 15.6. The van der Waals surface area contributed by atoms with E-state index in [4.69, 9.17) is 5.26 Å². The number of hydrogen-bond acceptors (Lipinski definition) is 3. The number of allylic oxidation sites excluding steroid dienone is 2. The summed E-state index contributed by atoms with van der Waals surface area (Å²) >= 11 is 1.64. The van der Waals surface area contributed by atoms with Gasteiger partial charge in [-0.25, -0.2) is 4.39 Å². The van der Waals surface area contributed by atoms with E-state index in [0.29, 0.717) is 6.42 Å². The lowest BCUT2D eigenvalue weighted by molar-refractivity contribution is -0.126. The van der Waals surface area contributed by atoms with E-state index in [2.05, 4.69) is 11.4 Å². The molecule has 1 aromatic carbocycles. The molecule has 0 aliphatic heterocycles. The second-order valence-corrected chi connectivity index (χ2v) is 6.04. The van der Waals surface area contributed by atoms with Crippen LogP contribution in [0.1, 0.15) is 12.8 Å². The number of nitrogens with zero attached hydrogens (tertiary/aromatic N) is 1. The van der Waals surface area contributed by atoms with Crippen molar-refractivity contribution in [1.29, 1.82) is 5.26 Å². The van der Waals surface area contributed by atoms with E-state index < -0.39 is 0 Å². The molecule has 1 aliphatic rings. The Labute approximate surface area is 128 Å². The lowest BCUT2D eigenvalue weighted by Gasteiger charge is -2.27. The van der Waals surface area contributed by atoms with E-state index in [1.807, 2.05) is 12.1 Å². The zero-order valence-electron chi connectivity index (χ0n) is 11.6. The number of rotatable bonds is 5. The number of carbonyl (C=O) groups excluding carboxylic acids is 1. The normalized spacial score (nSPS) is 20.8. The van der Waals surface area contributed by atoms with Gasteiger partial charge in [0, 0.05) is 16.6 Å². The Morgan fingerprint density at radius 2 is 2.05 bits per heavy atom. The van der Waals surface area contributed by atoms with E-state index in [9.17, 15) is 9.18 Å². The van der Waals surface area contributed by atoms with Crippen molar-refractivity contribution >= 4 is 17.7 Å². The molecular weight excluding hydrogens is 287 g/mol. The molecule has 2 atom stereocenters. The van der Waals surface area contributed by atoms with Gasteiger partial charge in [0.15, 0.2) is 0 Å². The highest BCUT2D eigenvalue weighted by Crippen LogP contribution is 2.31. The van der Waals surface area contributed by atoms with Gasteiger partial charge >= 0.3 is 0 Å². The third-order valence-corrected chi connectivity index (χ3v) is 4.72. The molecule has 0 heterocycles. The summed E-state index contributed by atoms with van der Waals surface area (Å²) in [6.07, 6.45) is 5.70. The molecule has 0 spiro atoms. The smallest absolute Gasteiger partial charge is 0.224 e. The van der Waals surface area contributed by atoms with Crippen molar-refractivity contribution in [2.45, 2.75) is 17.7 Å². The molecule has 1 amide bonds. The number of nitrogens with one attached hydrogen (secondary N) is 1. The molecule has 0 fully saturated rings. The summed E-state index contributed by atoms with van der Waals surface area (Å²) in [6.45, 7) is 0.0525. The lowest BCUT2D eigenvalue weighted by atomic mass is 9.83. The van der Waals surface area contributed by atoms with Gasteiger partial charge in [-0.2, -0.15) is 5.26 Å². The van der Waals surface area contributed by atoms with Gasteiger partial charge in [-0.05, 0) is 43.0 Å². The van der Waals surface area contributed by atoms with E-state index in [-0.39, 0.29) is 30.1 Å². The Morgan fingerprint density at radius 3 is 2.76 bits per heavy atom. The van der Waals surface area contributed by atoms with Crippen molar-refractivity contribution in [3.05, 3.63) is 42.2 Å². The molecule has 0 saturated heterocycles. The summed E-state index contributed by atoms with van der Waals surface area (Å²) in [7, 11) is 0. The summed E-state index contributed by atoms with van der Waals surface area (Å²) in [5.74, 6) is 0.667. The summed E-state index contributed by atoms with van der Waals surface area (Å²) in [4.78, 5) is 13.1. The molecule has 110 valence electrons. The SMILES string of the molecule is N#CCNC(=O)C1CC=CCC1CSc1ccc(F)cc1. The van der Waals surface area contributed by atoms with Crippen LogP contribution in [0.3, 0.4) is 0 Å². The zero-order valence-corrected chi connectivity index (χ0v) is 12.4. The monoisotopic (exact) mass is 304 g/mol. The van der Waals surface area contributed by atoms with Crippen molar-refractivity contribution in [2.24, 2.45) is 11.8 Å². The highest BCUT2D eigenvalue weighted by atomic mass is 32.2. The minimum atomic E-state index is -0.242. The predicted octanol–water partition coefficient (Wildman–Crippen LogP) is 3.14. The van der Waals surface area contributed by atoms with Crippen molar-refractivity contribution in [3.63, 3.8) is 0 Å². The molecule has 0 saturated carbocycles. The van der Waals surface area contributed by atoms with E-state index in [1.54, 1.807) is 23.9 Å². The molecule has 0 radical (unpaired) electrons. The zero-order chi connectivity index (χ0) is 15.1. The van der Waals surface area contributed by atoms with Crippen LogP contribution >= 0.6 is 11.8 Å². The van der Waals surface area contributed by atoms with Gasteiger partial charge in [0.05, 0.1) is 6.07 Å². The maximum absolute atomic E-state index is 12.9. The van der Waals surface area contributed by atoms with E-state index >= 15 is 0 Å². The minimum absolute atomic E-state index is 0.0504. The lowest BCUT2D eigenvalue weighted by Crippen LogP contribution is -2.36. The predicted molar refractivity (Wildman–Crippen MR) is 81.1 cm³/mol. The van der Waals surface area contributed by atoms with Gasteiger partial charge < -0.3 is 5.32 Å². The Balaban J connectivity index is 1.93. The average Bonchev–Trinajstić information content (AvgIpc) is 2.52. The van der Waals surface area contributed by atoms with Crippen LogP contribution in [0, 0.1) is 29.0 Å². The summed E-state index contributed by atoms with van der Waals surface area (Å²) in [5, 5.41) is 11.2. The minimum Gasteiger partial charge on any atom is -0.343 e. The number of nitriles is 1. The molecule has 5 heteroatoms. The molecule has 2 unspecified atom stereocenters. The highest BCUT2D eigenvalue weighted by Gasteiger charge is 2.28. The molecule has 3 nitrogen and oxygen atoms in total. The van der Waals surface area contributed by atoms with E-state index in [0.717, 1.165) is 17.1 Å². The maximum atomic E-state index is 12.9. The van der Waals surface area contributed by atoms with Crippen LogP contribution in [0.25, 0.3) is 0 Å². The van der Waals surface area contributed by atoms with Gasteiger partial charge in [0.2, 0.25) is 5.91 Å². The molecule has 0 aromatic heterocycles. The molecule has 0 bridgehead atoms. The molecule has 1 aliphatic carbocycles. The average molecular weight is 304 g/mol. The fourth-order valence-corrected chi connectivity index (χ4v) is 3.47. The third kappa shape index (κ3) is 4.61. The fraction of sp³-hybridized carbons (Fsp3) is 0.375. The van der Waals surface area contributed by atoms with Crippen molar-refractivity contribution in [3.8, 4) is 6.07 Å². The van der Waals surface area contributed by atoms with Gasteiger partial charge in [0.1, 0.15) is 12.4 Å². The van der Waals surface area contributed by atoms with Crippen LogP contribution < -0.4 is 5.32 Å². The largest absolute Gasteiger partial charge is 0.343 e. The van der Waals surface area contributed by atoms with Crippen molar-refractivity contribution < 1.29 is 9.18 Å². The number of thioether (sulfide) groups is 1. The number of halogens is 1. The third-order valence-electron chi connectivity index (χ3n) is 3.52. The molecule has 2 rings (SSSR count). The Hall–Kier alpha value is -1.80. The van der Waals surface area contributed by atoms with Crippen LogP contribution in [0.5, 0.6) is 0 Å². The van der Waals surface area contributed by atoms with Gasteiger partial charge in [0.25, 0.3) is 0 Å². The van der Waals surface area contributed by atoms with Gasteiger partial charge in [-0.15, -0.1) is 11.8 Å². The first-order valence-electron chi connectivity index (χ1n) is 6.88. The second-order valence-electron chi connectivity index (χ2n) is 4.95. The van der Waals surface area contributed by atoms with Crippen LogP contribution in [-0.2, 0) is 4.79 Å². The first-order valence-corrected chi connectivity index (χ1v) is 7.87. The van der Waals surface area contributed by atoms with Crippen LogP contribution in [-0.4, -0.2) is 18.2 Å². The number of carbonyl (C=O) groups is 1. The fourth-order valence-electron chi connectivity index (χ4n) is 2.37. The molecule has 21 heavy (non-hydrogen) atoms. The standard InChI is InChI=1S/C16H17FN2OS/c17-13-5-7-14(8-6-13)21-11-12-3-1-2-4-15(12)16(20)19-10-9-18/h1-2,5-8,12,15H,3-4,10-11H2,(H,19,20). The van der Waals surface area contributed by atoms with Crippen molar-refractivity contribution in [1.82, 2.24) is 5.32 Å². The van der Waals surface area contributed by atoms with Gasteiger partial charge in [-0.3, -0.25) is 4.79 Å². The Kier molecular flexibility index (Phi) is 5.82. The first-order chi connectivity index (χ1) is 10.2. The molecule has 1 N–H and O–H groups in total. The number of amides is 1. The topological polar surface area (TPSA) is 52.9 Å². The van der Waals surface area contributed by atoms with Crippen LogP contribution in [0.4, 0.5) is 4.39 Å². The number of benzene rings is 1. The summed E-state index contributed by atoms with van der Waals surface area (Å²) in [6, 6.07) is 8.32. The Morgan fingerprint density at radius 1 is 1.33 bits per heavy atom. The van der Waals surface area contributed by atoms with Crippen LogP contribution in [0.2, 0.25) is 0 Å². The van der Waals surface area contributed by atoms with E-state index in [1.165, 1.54) is 12.1 Å². The Bertz CT molecular complexity index is 550. The maximum Gasteiger partial charge on any atom is 0.224 e. The number of hydrogen-bond donors (Lipinski definition) is 1. The summed E-state index contributed by atoms with van der Waals surface area (Å²) in [5.41, 5.74) is 0.